The van der Waals surface area contributed by atoms with Crippen LogP contribution in [0.15, 0.2) is 24.3 Å². The van der Waals surface area contributed by atoms with Crippen molar-refractivity contribution >= 4 is 28.5 Å². The van der Waals surface area contributed by atoms with Gasteiger partial charge in [0.05, 0.1) is 6.10 Å². The van der Waals surface area contributed by atoms with Crippen molar-refractivity contribution in [1.29, 1.82) is 0 Å². The summed E-state index contributed by atoms with van der Waals surface area (Å²) in [7, 11) is 0. The van der Waals surface area contributed by atoms with Crippen LogP contribution in [0.25, 0.3) is 0 Å². The van der Waals surface area contributed by atoms with Crippen LogP contribution in [0.3, 0.4) is 0 Å². The van der Waals surface area contributed by atoms with Gasteiger partial charge in [0.1, 0.15) is 0 Å². The van der Waals surface area contributed by atoms with E-state index in [4.69, 9.17) is 4.74 Å². The lowest BCUT2D eigenvalue weighted by Gasteiger charge is -2.21. The van der Waals surface area contributed by atoms with E-state index in [9.17, 15) is 4.79 Å². The van der Waals surface area contributed by atoms with Crippen LogP contribution >= 0.6 is 22.6 Å². The number of nitrogens with one attached hydrogen (secondary N) is 1. The van der Waals surface area contributed by atoms with E-state index < -0.39 is 0 Å². The van der Waals surface area contributed by atoms with Crippen LogP contribution in [-0.4, -0.2) is 25.2 Å². The van der Waals surface area contributed by atoms with Gasteiger partial charge < -0.3 is 10.1 Å². The van der Waals surface area contributed by atoms with Gasteiger partial charge in [-0.1, -0.05) is 19.3 Å². The van der Waals surface area contributed by atoms with Crippen molar-refractivity contribution < 1.29 is 9.53 Å². The van der Waals surface area contributed by atoms with E-state index in [-0.39, 0.29) is 5.91 Å². The fraction of sp³-hybridized carbons (Fsp3) is 0.562. The summed E-state index contributed by atoms with van der Waals surface area (Å²) >= 11 is 2.23. The number of ether oxygens (including phenoxy) is 1. The number of carbonyl (C=O) groups is 1. The molecule has 0 atom stereocenters. The summed E-state index contributed by atoms with van der Waals surface area (Å²) in [5.74, 6) is -0.000864. The Balaban J connectivity index is 1.58. The molecule has 1 aromatic carbocycles. The fourth-order valence-electron chi connectivity index (χ4n) is 2.46. The zero-order chi connectivity index (χ0) is 14.2. The molecule has 0 saturated heterocycles. The van der Waals surface area contributed by atoms with Crippen molar-refractivity contribution in [3.63, 3.8) is 0 Å². The first-order valence-corrected chi connectivity index (χ1v) is 8.49. The van der Waals surface area contributed by atoms with Gasteiger partial charge >= 0.3 is 0 Å². The number of hydrogen-bond donors (Lipinski definition) is 1. The Morgan fingerprint density at radius 2 is 1.90 bits per heavy atom. The lowest BCUT2D eigenvalue weighted by atomic mass is 9.98. The number of carbonyl (C=O) groups excluding carboxylic acids is 1. The van der Waals surface area contributed by atoms with Gasteiger partial charge in [-0.25, -0.2) is 0 Å². The van der Waals surface area contributed by atoms with Gasteiger partial charge in [-0.3, -0.25) is 4.79 Å². The van der Waals surface area contributed by atoms with Crippen LogP contribution in [-0.2, 0) is 4.74 Å². The minimum Gasteiger partial charge on any atom is -0.378 e. The predicted molar refractivity (Wildman–Crippen MR) is 88.9 cm³/mol. The minimum absolute atomic E-state index is 0.000864. The highest BCUT2D eigenvalue weighted by Gasteiger charge is 2.13. The van der Waals surface area contributed by atoms with Gasteiger partial charge in [0.25, 0.3) is 5.91 Å². The van der Waals surface area contributed by atoms with Crippen LogP contribution < -0.4 is 5.32 Å². The van der Waals surface area contributed by atoms with E-state index in [2.05, 4.69) is 27.9 Å². The summed E-state index contributed by atoms with van der Waals surface area (Å²) in [6, 6.07) is 7.61. The molecule has 110 valence electrons. The largest absolute Gasteiger partial charge is 0.378 e. The first-order chi connectivity index (χ1) is 9.75. The van der Waals surface area contributed by atoms with Crippen LogP contribution in [0.4, 0.5) is 0 Å². The number of benzene rings is 1. The lowest BCUT2D eigenvalue weighted by molar-refractivity contribution is 0.0273. The van der Waals surface area contributed by atoms with E-state index in [0.717, 1.165) is 22.2 Å². The number of rotatable bonds is 6. The van der Waals surface area contributed by atoms with Gasteiger partial charge in [0.15, 0.2) is 0 Å². The second-order valence-corrected chi connectivity index (χ2v) is 6.49. The Kier molecular flexibility index (Phi) is 6.79. The Bertz CT molecular complexity index is 413. The highest BCUT2D eigenvalue weighted by Crippen LogP contribution is 2.20. The Morgan fingerprint density at radius 3 is 2.60 bits per heavy atom. The van der Waals surface area contributed by atoms with Crippen molar-refractivity contribution in [3.05, 3.63) is 33.4 Å². The molecular weight excluding hydrogens is 365 g/mol. The van der Waals surface area contributed by atoms with E-state index in [1.807, 2.05) is 24.3 Å². The average Bonchev–Trinajstić information content (AvgIpc) is 2.48. The molecule has 0 radical (unpaired) electrons. The zero-order valence-electron chi connectivity index (χ0n) is 11.7. The zero-order valence-corrected chi connectivity index (χ0v) is 13.9. The van der Waals surface area contributed by atoms with E-state index in [1.165, 1.54) is 32.1 Å². The van der Waals surface area contributed by atoms with Crippen LogP contribution in [0.1, 0.15) is 48.9 Å². The van der Waals surface area contributed by atoms with Crippen molar-refractivity contribution in [3.8, 4) is 0 Å². The summed E-state index contributed by atoms with van der Waals surface area (Å²) in [5.41, 5.74) is 0.721. The summed E-state index contributed by atoms with van der Waals surface area (Å²) < 4.78 is 6.97. The second-order valence-electron chi connectivity index (χ2n) is 5.25. The average molecular weight is 387 g/mol. The van der Waals surface area contributed by atoms with Gasteiger partial charge in [-0.05, 0) is 66.1 Å². The molecule has 0 spiro atoms. The van der Waals surface area contributed by atoms with Gasteiger partial charge in [0.2, 0.25) is 0 Å². The lowest BCUT2D eigenvalue weighted by Crippen LogP contribution is -2.26. The molecule has 1 aromatic rings. The molecule has 0 heterocycles. The second kappa shape index (κ2) is 8.62. The van der Waals surface area contributed by atoms with Gasteiger partial charge in [0, 0.05) is 22.3 Å². The summed E-state index contributed by atoms with van der Waals surface area (Å²) in [4.78, 5) is 11.9. The van der Waals surface area contributed by atoms with Gasteiger partial charge in [-0.2, -0.15) is 0 Å². The number of halogens is 1. The van der Waals surface area contributed by atoms with Crippen LogP contribution in [0.2, 0.25) is 0 Å². The molecule has 2 rings (SSSR count). The smallest absolute Gasteiger partial charge is 0.251 e. The maximum atomic E-state index is 11.9. The molecule has 20 heavy (non-hydrogen) atoms. The first-order valence-electron chi connectivity index (χ1n) is 7.41. The molecule has 0 aliphatic heterocycles. The summed E-state index contributed by atoms with van der Waals surface area (Å²) in [6.45, 7) is 1.43. The van der Waals surface area contributed by atoms with Crippen LogP contribution in [0, 0.1) is 3.57 Å². The van der Waals surface area contributed by atoms with Crippen molar-refractivity contribution in [1.82, 2.24) is 5.32 Å². The van der Waals surface area contributed by atoms with Crippen molar-refractivity contribution in [2.24, 2.45) is 0 Å². The highest BCUT2D eigenvalue weighted by molar-refractivity contribution is 14.1. The third-order valence-electron chi connectivity index (χ3n) is 3.62. The van der Waals surface area contributed by atoms with E-state index in [1.54, 1.807) is 0 Å². The number of amides is 1. The molecule has 1 N–H and O–H groups in total. The first kappa shape index (κ1) is 15.8. The molecule has 1 aliphatic carbocycles. The van der Waals surface area contributed by atoms with E-state index in [0.29, 0.717) is 12.6 Å². The Hall–Kier alpha value is -0.620. The molecule has 1 fully saturated rings. The van der Waals surface area contributed by atoms with Crippen LogP contribution in [0.5, 0.6) is 0 Å². The Morgan fingerprint density at radius 1 is 1.20 bits per heavy atom. The van der Waals surface area contributed by atoms with E-state index >= 15 is 0 Å². The highest BCUT2D eigenvalue weighted by atomic mass is 127. The monoisotopic (exact) mass is 387 g/mol. The third-order valence-corrected chi connectivity index (χ3v) is 4.34. The Labute approximate surface area is 134 Å². The molecular formula is C16H22INO2. The predicted octanol–water partition coefficient (Wildman–Crippen LogP) is 3.76. The maximum absolute atomic E-state index is 11.9. The normalized spacial score (nSPS) is 16.1. The summed E-state index contributed by atoms with van der Waals surface area (Å²) in [5, 5.41) is 2.93. The topological polar surface area (TPSA) is 38.3 Å². The summed E-state index contributed by atoms with van der Waals surface area (Å²) in [6.07, 6.45) is 7.70. The molecule has 0 unspecified atom stereocenters. The standard InChI is InChI=1S/C16H22INO2/c17-14-9-7-13(8-10-14)16(19)18-11-4-12-20-15-5-2-1-3-6-15/h7-10,15H,1-6,11-12H2,(H,18,19). The van der Waals surface area contributed by atoms with Crippen molar-refractivity contribution in [2.45, 2.75) is 44.6 Å². The fourth-order valence-corrected chi connectivity index (χ4v) is 2.82. The third kappa shape index (κ3) is 5.40. The molecule has 0 bridgehead atoms. The SMILES string of the molecule is O=C(NCCCOC1CCCCC1)c1ccc(I)cc1. The molecule has 3 nitrogen and oxygen atoms in total. The molecule has 1 amide bonds. The molecule has 1 aliphatic rings. The quantitative estimate of drug-likeness (QED) is 0.596. The minimum atomic E-state index is -0.000864. The number of hydrogen-bond acceptors (Lipinski definition) is 2. The van der Waals surface area contributed by atoms with Crippen molar-refractivity contribution in [2.75, 3.05) is 13.2 Å². The molecule has 4 heteroatoms. The molecule has 1 saturated carbocycles. The van der Waals surface area contributed by atoms with Gasteiger partial charge in [-0.15, -0.1) is 0 Å². The maximum Gasteiger partial charge on any atom is 0.251 e. The molecule has 0 aromatic heterocycles.